The minimum Gasteiger partial charge on any atom is -0.492 e. The van der Waals surface area contributed by atoms with Gasteiger partial charge in [-0.25, -0.2) is 0 Å². The first-order chi connectivity index (χ1) is 16.1. The van der Waals surface area contributed by atoms with Crippen molar-refractivity contribution in [1.82, 2.24) is 4.98 Å². The van der Waals surface area contributed by atoms with Gasteiger partial charge < -0.3 is 19.8 Å². The predicted molar refractivity (Wildman–Crippen MR) is 127 cm³/mol. The molecule has 0 radical (unpaired) electrons. The normalized spacial score (nSPS) is 10.8. The molecule has 7 heteroatoms. The summed E-state index contributed by atoms with van der Waals surface area (Å²) in [5.41, 5.74) is 1.96. The van der Waals surface area contributed by atoms with Crippen molar-refractivity contribution in [2.45, 2.75) is 0 Å². The summed E-state index contributed by atoms with van der Waals surface area (Å²) in [5, 5.41) is 7.92. The molecular weight excluding hydrogens is 418 g/mol. The van der Waals surface area contributed by atoms with Crippen molar-refractivity contribution in [3.05, 3.63) is 96.5 Å². The molecule has 2 N–H and O–H groups in total. The number of methoxy groups -OCH3 is 1. The number of aromatic nitrogens is 1. The van der Waals surface area contributed by atoms with Crippen LogP contribution in [0.2, 0.25) is 0 Å². The Morgan fingerprint density at radius 3 is 2.39 bits per heavy atom. The van der Waals surface area contributed by atoms with Crippen molar-refractivity contribution < 1.29 is 18.7 Å². The van der Waals surface area contributed by atoms with Crippen LogP contribution in [-0.4, -0.2) is 23.9 Å². The second kappa shape index (κ2) is 8.47. The highest BCUT2D eigenvalue weighted by Crippen LogP contribution is 2.35. The molecule has 2 heterocycles. The molecule has 33 heavy (non-hydrogen) atoms. The lowest BCUT2D eigenvalue weighted by atomic mass is 10.1. The second-order valence-corrected chi connectivity index (χ2v) is 7.33. The minimum absolute atomic E-state index is 0.0514. The van der Waals surface area contributed by atoms with Gasteiger partial charge in [0.25, 0.3) is 11.8 Å². The SMILES string of the molecule is COc1c(C(=O)Nc2ccccc2)oc2ccc(NC(=O)c3nccc4ccccc34)cc12. The zero-order valence-corrected chi connectivity index (χ0v) is 17.7. The number of benzene rings is 3. The molecule has 3 aromatic carbocycles. The number of pyridine rings is 1. The Kier molecular flexibility index (Phi) is 5.20. The number of fused-ring (bicyclic) bond motifs is 2. The molecule has 2 amide bonds. The van der Waals surface area contributed by atoms with E-state index >= 15 is 0 Å². The number of hydrogen-bond acceptors (Lipinski definition) is 5. The van der Waals surface area contributed by atoms with E-state index in [2.05, 4.69) is 15.6 Å². The molecule has 0 saturated heterocycles. The number of amides is 2. The molecule has 162 valence electrons. The van der Waals surface area contributed by atoms with Crippen molar-refractivity contribution in [2.24, 2.45) is 0 Å². The van der Waals surface area contributed by atoms with Crippen LogP contribution in [0.4, 0.5) is 11.4 Å². The highest BCUT2D eigenvalue weighted by atomic mass is 16.5. The fraction of sp³-hybridized carbons (Fsp3) is 0.0385. The Balaban J connectivity index is 1.45. The number of anilines is 2. The number of nitrogens with zero attached hydrogens (tertiary/aromatic N) is 1. The number of carbonyl (C=O) groups excluding carboxylic acids is 2. The third-order valence-corrected chi connectivity index (χ3v) is 5.23. The summed E-state index contributed by atoms with van der Waals surface area (Å²) in [6.07, 6.45) is 1.61. The molecule has 5 rings (SSSR count). The van der Waals surface area contributed by atoms with Gasteiger partial charge in [0.1, 0.15) is 11.3 Å². The number of carbonyl (C=O) groups is 2. The quantitative estimate of drug-likeness (QED) is 0.379. The maximum absolute atomic E-state index is 12.9. The Bertz CT molecular complexity index is 1490. The molecule has 5 aromatic rings. The van der Waals surface area contributed by atoms with Crippen LogP contribution in [0.3, 0.4) is 0 Å². The lowest BCUT2D eigenvalue weighted by Crippen LogP contribution is -2.14. The van der Waals surface area contributed by atoms with Gasteiger partial charge in [-0.3, -0.25) is 14.6 Å². The van der Waals surface area contributed by atoms with Gasteiger partial charge in [0, 0.05) is 23.0 Å². The van der Waals surface area contributed by atoms with Gasteiger partial charge in [0.2, 0.25) is 5.76 Å². The van der Waals surface area contributed by atoms with E-state index in [1.165, 1.54) is 7.11 Å². The number of rotatable bonds is 5. The van der Waals surface area contributed by atoms with Gasteiger partial charge in [0.05, 0.1) is 12.5 Å². The summed E-state index contributed by atoms with van der Waals surface area (Å²) in [6.45, 7) is 0. The van der Waals surface area contributed by atoms with Gasteiger partial charge in [-0.2, -0.15) is 0 Å². The van der Waals surface area contributed by atoms with Crippen molar-refractivity contribution >= 4 is 44.9 Å². The Labute approximate surface area is 189 Å². The first kappa shape index (κ1) is 20.3. The highest BCUT2D eigenvalue weighted by Gasteiger charge is 2.22. The molecule has 0 spiro atoms. The first-order valence-corrected chi connectivity index (χ1v) is 10.3. The summed E-state index contributed by atoms with van der Waals surface area (Å²) in [6, 6.07) is 23.6. The maximum Gasteiger partial charge on any atom is 0.295 e. The lowest BCUT2D eigenvalue weighted by Gasteiger charge is -2.07. The average Bonchev–Trinajstić information content (AvgIpc) is 3.22. The van der Waals surface area contributed by atoms with E-state index in [0.717, 1.165) is 10.8 Å². The molecule has 0 bridgehead atoms. The zero-order chi connectivity index (χ0) is 22.8. The van der Waals surface area contributed by atoms with Crippen molar-refractivity contribution in [3.8, 4) is 5.75 Å². The molecule has 0 aliphatic carbocycles. The van der Waals surface area contributed by atoms with Gasteiger partial charge in [0.15, 0.2) is 5.75 Å². The number of nitrogens with one attached hydrogen (secondary N) is 2. The largest absolute Gasteiger partial charge is 0.492 e. The summed E-state index contributed by atoms with van der Waals surface area (Å²) < 4.78 is 11.2. The van der Waals surface area contributed by atoms with Crippen LogP contribution in [0.5, 0.6) is 5.75 Å². The molecular formula is C26H19N3O4. The van der Waals surface area contributed by atoms with E-state index in [1.54, 1.807) is 36.5 Å². The van der Waals surface area contributed by atoms with Crippen molar-refractivity contribution in [3.63, 3.8) is 0 Å². The third-order valence-electron chi connectivity index (χ3n) is 5.23. The Hall–Kier alpha value is -4.65. The Morgan fingerprint density at radius 1 is 0.818 bits per heavy atom. The van der Waals surface area contributed by atoms with Crippen LogP contribution in [0, 0.1) is 0 Å². The van der Waals surface area contributed by atoms with E-state index in [9.17, 15) is 9.59 Å². The topological polar surface area (TPSA) is 93.5 Å². The summed E-state index contributed by atoms with van der Waals surface area (Å²) in [5.74, 6) is -0.427. The van der Waals surface area contributed by atoms with Crippen molar-refractivity contribution in [2.75, 3.05) is 17.7 Å². The molecule has 7 nitrogen and oxygen atoms in total. The Morgan fingerprint density at radius 2 is 1.58 bits per heavy atom. The second-order valence-electron chi connectivity index (χ2n) is 7.33. The van der Waals surface area contributed by atoms with E-state index in [1.807, 2.05) is 48.5 Å². The molecule has 0 saturated carbocycles. The fourth-order valence-corrected chi connectivity index (χ4v) is 3.71. The van der Waals surface area contributed by atoms with E-state index < -0.39 is 5.91 Å². The van der Waals surface area contributed by atoms with Crippen LogP contribution >= 0.6 is 0 Å². The number of para-hydroxylation sites is 1. The van der Waals surface area contributed by atoms with E-state index in [-0.39, 0.29) is 17.4 Å². The standard InChI is InChI=1S/C26H19N3O4/c1-32-23-20-15-18(29-25(30)22-19-10-6-5-7-16(19)13-14-27-22)11-12-21(20)33-24(23)26(31)28-17-8-3-2-4-9-17/h2-15H,1H3,(H,28,31)(H,29,30). The van der Waals surface area contributed by atoms with Crippen LogP contribution in [0.1, 0.15) is 21.0 Å². The van der Waals surface area contributed by atoms with Crippen LogP contribution < -0.4 is 15.4 Å². The van der Waals surface area contributed by atoms with Gasteiger partial charge in [-0.1, -0.05) is 42.5 Å². The summed E-state index contributed by atoms with van der Waals surface area (Å²) in [4.78, 5) is 30.0. The molecule has 0 fully saturated rings. The molecule has 0 aliphatic heterocycles. The first-order valence-electron chi connectivity index (χ1n) is 10.3. The van der Waals surface area contributed by atoms with Crippen LogP contribution in [0.15, 0.2) is 89.5 Å². The van der Waals surface area contributed by atoms with E-state index in [0.29, 0.717) is 28.0 Å². The monoisotopic (exact) mass is 437 g/mol. The smallest absolute Gasteiger partial charge is 0.295 e. The van der Waals surface area contributed by atoms with Crippen molar-refractivity contribution in [1.29, 1.82) is 0 Å². The molecule has 2 aromatic heterocycles. The van der Waals surface area contributed by atoms with Gasteiger partial charge >= 0.3 is 0 Å². The third kappa shape index (κ3) is 3.87. The summed E-state index contributed by atoms with van der Waals surface area (Å²) in [7, 11) is 1.47. The lowest BCUT2D eigenvalue weighted by molar-refractivity contribution is 0.0992. The van der Waals surface area contributed by atoms with Crippen LogP contribution in [-0.2, 0) is 0 Å². The molecule has 0 unspecified atom stereocenters. The van der Waals surface area contributed by atoms with Gasteiger partial charge in [-0.15, -0.1) is 0 Å². The summed E-state index contributed by atoms with van der Waals surface area (Å²) >= 11 is 0. The molecule has 0 atom stereocenters. The zero-order valence-electron chi connectivity index (χ0n) is 17.7. The number of ether oxygens (including phenoxy) is 1. The number of furan rings is 1. The highest BCUT2D eigenvalue weighted by molar-refractivity contribution is 6.12. The predicted octanol–water partition coefficient (Wildman–Crippen LogP) is 5.49. The average molecular weight is 437 g/mol. The molecule has 0 aliphatic rings. The van der Waals surface area contributed by atoms with Gasteiger partial charge in [-0.05, 0) is 41.8 Å². The van der Waals surface area contributed by atoms with E-state index in [4.69, 9.17) is 9.15 Å². The number of hydrogen-bond donors (Lipinski definition) is 2. The minimum atomic E-state index is -0.431. The fourth-order valence-electron chi connectivity index (χ4n) is 3.71. The maximum atomic E-state index is 12.9. The van der Waals surface area contributed by atoms with Crippen LogP contribution in [0.25, 0.3) is 21.7 Å².